The van der Waals surface area contributed by atoms with Gasteiger partial charge in [-0.15, -0.1) is 11.3 Å². The van der Waals surface area contributed by atoms with Gasteiger partial charge in [0.1, 0.15) is 5.00 Å². The standard InChI is InChI=1S/C21H26N2O4S/c1-13(10-11-17-8-6-5-7-9-17)22-18(25)12-27-21(26)19-14(2)15(3)28-20(19)23-16(4)24/h5-9,13H,10-12H2,1-4H3,(H,22,25)(H,23,24)/t13-/m0/s1. The first kappa shape index (κ1) is 21.6. The highest BCUT2D eigenvalue weighted by Crippen LogP contribution is 2.32. The SMILES string of the molecule is CC(=O)Nc1sc(C)c(C)c1C(=O)OCC(=O)N[C@@H](C)CCc1ccccc1. The Labute approximate surface area is 169 Å². The quantitative estimate of drug-likeness (QED) is 0.661. The molecule has 0 aliphatic rings. The molecule has 0 saturated heterocycles. The molecule has 0 fully saturated rings. The van der Waals surface area contributed by atoms with Crippen molar-refractivity contribution in [2.75, 3.05) is 11.9 Å². The number of hydrogen-bond acceptors (Lipinski definition) is 5. The molecule has 1 heterocycles. The first-order chi connectivity index (χ1) is 13.3. The first-order valence-electron chi connectivity index (χ1n) is 9.16. The number of aryl methyl sites for hydroxylation is 2. The summed E-state index contributed by atoms with van der Waals surface area (Å²) in [4.78, 5) is 36.8. The summed E-state index contributed by atoms with van der Waals surface area (Å²) < 4.78 is 5.17. The predicted molar refractivity (Wildman–Crippen MR) is 111 cm³/mol. The number of nitrogens with one attached hydrogen (secondary N) is 2. The maximum atomic E-state index is 12.4. The largest absolute Gasteiger partial charge is 0.452 e. The summed E-state index contributed by atoms with van der Waals surface area (Å²) in [5.41, 5.74) is 2.27. The van der Waals surface area contributed by atoms with Gasteiger partial charge in [0.2, 0.25) is 5.91 Å². The predicted octanol–water partition coefficient (Wildman–Crippen LogP) is 3.62. The molecule has 0 radical (unpaired) electrons. The Morgan fingerprint density at radius 3 is 2.46 bits per heavy atom. The Morgan fingerprint density at radius 1 is 1.14 bits per heavy atom. The molecule has 2 aromatic rings. The van der Waals surface area contributed by atoms with E-state index in [1.165, 1.54) is 23.8 Å². The van der Waals surface area contributed by atoms with Crippen molar-refractivity contribution in [1.82, 2.24) is 5.32 Å². The van der Waals surface area contributed by atoms with Crippen LogP contribution in [0.4, 0.5) is 5.00 Å². The fraction of sp³-hybridized carbons (Fsp3) is 0.381. The minimum absolute atomic E-state index is 0.0357. The van der Waals surface area contributed by atoms with Gasteiger partial charge >= 0.3 is 5.97 Å². The van der Waals surface area contributed by atoms with Gasteiger partial charge < -0.3 is 15.4 Å². The van der Waals surface area contributed by atoms with Crippen LogP contribution in [0.25, 0.3) is 0 Å². The molecule has 2 amide bonds. The first-order valence-corrected chi connectivity index (χ1v) is 9.97. The third kappa shape index (κ3) is 6.20. The van der Waals surface area contributed by atoms with Crippen LogP contribution in [0.1, 0.15) is 46.6 Å². The van der Waals surface area contributed by atoms with E-state index in [4.69, 9.17) is 4.74 Å². The van der Waals surface area contributed by atoms with Crippen LogP contribution in [-0.4, -0.2) is 30.4 Å². The van der Waals surface area contributed by atoms with E-state index in [0.29, 0.717) is 10.6 Å². The van der Waals surface area contributed by atoms with E-state index in [1.54, 1.807) is 6.92 Å². The van der Waals surface area contributed by atoms with Crippen molar-refractivity contribution in [2.45, 2.75) is 46.6 Å². The average Bonchev–Trinajstić information content (AvgIpc) is 2.92. The number of carbonyl (C=O) groups is 3. The molecule has 1 atom stereocenters. The minimum atomic E-state index is -0.613. The smallest absolute Gasteiger partial charge is 0.341 e. The second-order valence-electron chi connectivity index (χ2n) is 6.74. The molecule has 2 N–H and O–H groups in total. The number of ether oxygens (including phenoxy) is 1. The summed E-state index contributed by atoms with van der Waals surface area (Å²) in [6.07, 6.45) is 1.65. The van der Waals surface area contributed by atoms with Gasteiger partial charge in [-0.25, -0.2) is 4.79 Å². The number of rotatable bonds is 8. The van der Waals surface area contributed by atoms with Crippen molar-refractivity contribution in [3.8, 4) is 0 Å². The molecule has 6 nitrogen and oxygen atoms in total. The van der Waals surface area contributed by atoms with Crippen LogP contribution in [-0.2, 0) is 20.7 Å². The second-order valence-corrected chi connectivity index (χ2v) is 7.96. The number of esters is 1. The molecule has 0 aliphatic heterocycles. The van der Waals surface area contributed by atoms with Crippen LogP contribution in [0, 0.1) is 13.8 Å². The van der Waals surface area contributed by atoms with Gasteiger partial charge in [0.25, 0.3) is 5.91 Å². The van der Waals surface area contributed by atoms with Gasteiger partial charge in [-0.2, -0.15) is 0 Å². The fourth-order valence-corrected chi connectivity index (χ4v) is 3.84. The molecular weight excluding hydrogens is 376 g/mol. The highest BCUT2D eigenvalue weighted by atomic mass is 32.1. The Kier molecular flexibility index (Phi) is 7.75. The zero-order chi connectivity index (χ0) is 20.7. The van der Waals surface area contributed by atoms with Gasteiger partial charge in [0, 0.05) is 17.8 Å². The van der Waals surface area contributed by atoms with Crippen LogP contribution in [0.15, 0.2) is 30.3 Å². The number of thiophene rings is 1. The van der Waals surface area contributed by atoms with Gasteiger partial charge in [0.05, 0.1) is 5.56 Å². The summed E-state index contributed by atoms with van der Waals surface area (Å²) in [7, 11) is 0. The van der Waals surface area contributed by atoms with Gasteiger partial charge in [-0.05, 0) is 44.7 Å². The van der Waals surface area contributed by atoms with E-state index in [1.807, 2.05) is 44.2 Å². The third-order valence-corrected chi connectivity index (χ3v) is 5.45. The van der Waals surface area contributed by atoms with Crippen molar-refractivity contribution >= 4 is 34.1 Å². The van der Waals surface area contributed by atoms with E-state index in [-0.39, 0.29) is 24.5 Å². The lowest BCUT2D eigenvalue weighted by Gasteiger charge is -2.14. The molecule has 0 unspecified atom stereocenters. The van der Waals surface area contributed by atoms with Gasteiger partial charge in [0.15, 0.2) is 6.61 Å². The molecule has 1 aromatic heterocycles. The normalized spacial score (nSPS) is 11.6. The van der Waals surface area contributed by atoms with Gasteiger partial charge in [-0.1, -0.05) is 30.3 Å². The number of benzene rings is 1. The lowest BCUT2D eigenvalue weighted by Crippen LogP contribution is -2.36. The van der Waals surface area contributed by atoms with Crippen LogP contribution in [0.3, 0.4) is 0 Å². The number of hydrogen-bond donors (Lipinski definition) is 2. The summed E-state index contributed by atoms with van der Waals surface area (Å²) in [5.74, 6) is -1.22. The Hall–Kier alpha value is -2.67. The molecule has 0 aliphatic carbocycles. The molecular formula is C21H26N2O4S. The average molecular weight is 403 g/mol. The molecule has 150 valence electrons. The van der Waals surface area contributed by atoms with E-state index in [2.05, 4.69) is 10.6 Å². The van der Waals surface area contributed by atoms with E-state index < -0.39 is 5.97 Å². The van der Waals surface area contributed by atoms with E-state index in [0.717, 1.165) is 23.3 Å². The summed E-state index contributed by atoms with van der Waals surface area (Å²) in [6.45, 7) is 6.60. The highest BCUT2D eigenvalue weighted by Gasteiger charge is 2.22. The number of carbonyl (C=O) groups excluding carboxylic acids is 3. The van der Waals surface area contributed by atoms with Crippen molar-refractivity contribution < 1.29 is 19.1 Å². The lowest BCUT2D eigenvalue weighted by atomic mass is 10.1. The lowest BCUT2D eigenvalue weighted by molar-refractivity contribution is -0.124. The monoisotopic (exact) mass is 402 g/mol. The maximum Gasteiger partial charge on any atom is 0.341 e. The Balaban J connectivity index is 1.85. The zero-order valence-electron chi connectivity index (χ0n) is 16.6. The zero-order valence-corrected chi connectivity index (χ0v) is 17.4. The summed E-state index contributed by atoms with van der Waals surface area (Å²) >= 11 is 1.31. The minimum Gasteiger partial charge on any atom is -0.452 e. The number of amides is 2. The molecule has 0 saturated carbocycles. The van der Waals surface area contributed by atoms with Gasteiger partial charge in [-0.3, -0.25) is 9.59 Å². The number of anilines is 1. The maximum absolute atomic E-state index is 12.4. The summed E-state index contributed by atoms with van der Waals surface area (Å²) in [5, 5.41) is 5.93. The van der Waals surface area contributed by atoms with Crippen LogP contribution in [0.5, 0.6) is 0 Å². The Morgan fingerprint density at radius 2 is 1.82 bits per heavy atom. The van der Waals surface area contributed by atoms with Crippen molar-refractivity contribution in [2.24, 2.45) is 0 Å². The molecule has 0 bridgehead atoms. The molecule has 0 spiro atoms. The molecule has 7 heteroatoms. The third-order valence-electron chi connectivity index (χ3n) is 4.33. The molecule has 1 aromatic carbocycles. The Bertz CT molecular complexity index is 846. The van der Waals surface area contributed by atoms with Crippen molar-refractivity contribution in [3.63, 3.8) is 0 Å². The van der Waals surface area contributed by atoms with E-state index in [9.17, 15) is 14.4 Å². The van der Waals surface area contributed by atoms with Crippen LogP contribution < -0.4 is 10.6 Å². The van der Waals surface area contributed by atoms with Crippen molar-refractivity contribution in [3.05, 3.63) is 51.9 Å². The second kappa shape index (κ2) is 10.0. The van der Waals surface area contributed by atoms with Crippen LogP contribution in [0.2, 0.25) is 0 Å². The summed E-state index contributed by atoms with van der Waals surface area (Å²) in [6, 6.07) is 10.0. The van der Waals surface area contributed by atoms with E-state index >= 15 is 0 Å². The fourth-order valence-electron chi connectivity index (χ4n) is 2.74. The van der Waals surface area contributed by atoms with Crippen LogP contribution >= 0.6 is 11.3 Å². The topological polar surface area (TPSA) is 84.5 Å². The molecule has 2 rings (SSSR count). The molecule has 28 heavy (non-hydrogen) atoms. The van der Waals surface area contributed by atoms with Crippen molar-refractivity contribution in [1.29, 1.82) is 0 Å². The highest BCUT2D eigenvalue weighted by molar-refractivity contribution is 7.16.